The fourth-order valence-electron chi connectivity index (χ4n) is 3.03. The molecule has 3 rings (SSSR count). The highest BCUT2D eigenvalue weighted by Crippen LogP contribution is 2.17. The molecular weight excluding hydrogens is 322 g/mol. The fourth-order valence-corrected chi connectivity index (χ4v) is 3.03. The van der Waals surface area contributed by atoms with E-state index in [2.05, 4.69) is 29.3 Å². The summed E-state index contributed by atoms with van der Waals surface area (Å²) in [6.45, 7) is 3.43. The van der Waals surface area contributed by atoms with Gasteiger partial charge in [0.25, 0.3) is 5.91 Å². The Hall–Kier alpha value is -2.85. The zero-order chi connectivity index (χ0) is 18.5. The van der Waals surface area contributed by atoms with Gasteiger partial charge in [-0.1, -0.05) is 30.3 Å². The summed E-state index contributed by atoms with van der Waals surface area (Å²) < 4.78 is 2.03. The molecule has 0 bridgehead atoms. The topological polar surface area (TPSA) is 37.3 Å². The number of nitrogens with zero attached hydrogens (tertiary/aromatic N) is 2. The van der Waals surface area contributed by atoms with Crippen LogP contribution in [-0.4, -0.2) is 29.5 Å². The van der Waals surface area contributed by atoms with E-state index in [9.17, 15) is 4.79 Å². The lowest BCUT2D eigenvalue weighted by Crippen LogP contribution is -2.24. The summed E-state index contributed by atoms with van der Waals surface area (Å²) in [6, 6.07) is 18.0. The second kappa shape index (κ2) is 8.02. The zero-order valence-electron chi connectivity index (χ0n) is 15.6. The Kier molecular flexibility index (Phi) is 5.54. The van der Waals surface area contributed by atoms with E-state index in [-0.39, 0.29) is 5.91 Å². The van der Waals surface area contributed by atoms with Crippen molar-refractivity contribution in [3.8, 4) is 5.69 Å². The van der Waals surface area contributed by atoms with Crippen LogP contribution in [0.2, 0.25) is 0 Å². The first kappa shape index (κ1) is 18.0. The summed E-state index contributed by atoms with van der Waals surface area (Å²) >= 11 is 0. The van der Waals surface area contributed by atoms with Crippen LogP contribution in [0.1, 0.15) is 27.0 Å². The van der Waals surface area contributed by atoms with Gasteiger partial charge < -0.3 is 14.8 Å². The number of benzene rings is 2. The highest BCUT2D eigenvalue weighted by atomic mass is 16.1. The van der Waals surface area contributed by atoms with Gasteiger partial charge in [0.05, 0.1) is 0 Å². The largest absolute Gasteiger partial charge is 0.348 e. The molecule has 0 fully saturated rings. The van der Waals surface area contributed by atoms with Gasteiger partial charge in [-0.15, -0.1) is 0 Å². The van der Waals surface area contributed by atoms with E-state index in [1.807, 2.05) is 73.5 Å². The average Bonchev–Trinajstić information content (AvgIpc) is 3.15. The fraction of sp³-hybridized carbons (Fsp3) is 0.227. The van der Waals surface area contributed by atoms with Crippen molar-refractivity contribution < 1.29 is 4.79 Å². The average molecular weight is 347 g/mol. The van der Waals surface area contributed by atoms with Crippen LogP contribution in [-0.2, 0) is 13.1 Å². The summed E-state index contributed by atoms with van der Waals surface area (Å²) in [6.07, 6.45) is 3.98. The zero-order valence-corrected chi connectivity index (χ0v) is 15.6. The lowest BCUT2D eigenvalue weighted by molar-refractivity contribution is 0.0950. The SMILES string of the molecule is Cc1ccc(C(=O)NCc2ccccc2CN(C)C)cc1-n1cccc1. The standard InChI is InChI=1S/C22H25N3O/c1-17-10-11-18(14-21(17)25-12-6-7-13-25)22(26)23-15-19-8-4-5-9-20(19)16-24(2)3/h4-14H,15-16H2,1-3H3,(H,23,26). The van der Waals surface area contributed by atoms with Gasteiger partial charge in [0.1, 0.15) is 0 Å². The molecular formula is C22H25N3O. The molecule has 1 aromatic heterocycles. The molecule has 2 aromatic carbocycles. The number of nitrogens with one attached hydrogen (secondary N) is 1. The van der Waals surface area contributed by atoms with E-state index in [4.69, 9.17) is 0 Å². The van der Waals surface area contributed by atoms with Crippen molar-refractivity contribution in [2.75, 3.05) is 14.1 Å². The summed E-state index contributed by atoms with van der Waals surface area (Å²) in [5.74, 6) is -0.0573. The molecule has 0 saturated heterocycles. The van der Waals surface area contributed by atoms with Gasteiger partial charge in [-0.2, -0.15) is 0 Å². The molecule has 1 N–H and O–H groups in total. The number of hydrogen-bond donors (Lipinski definition) is 1. The summed E-state index contributed by atoms with van der Waals surface area (Å²) in [5.41, 5.74) is 5.20. The Labute approximate surface area is 155 Å². The van der Waals surface area contributed by atoms with E-state index < -0.39 is 0 Å². The predicted molar refractivity (Wildman–Crippen MR) is 106 cm³/mol. The van der Waals surface area contributed by atoms with Crippen LogP contribution < -0.4 is 5.32 Å². The van der Waals surface area contributed by atoms with Crippen LogP contribution in [0.5, 0.6) is 0 Å². The van der Waals surface area contributed by atoms with E-state index in [0.717, 1.165) is 23.4 Å². The molecule has 4 heteroatoms. The highest BCUT2D eigenvalue weighted by molar-refractivity contribution is 5.94. The number of carbonyl (C=O) groups is 1. The second-order valence-electron chi connectivity index (χ2n) is 6.78. The number of amides is 1. The number of carbonyl (C=O) groups excluding carboxylic acids is 1. The van der Waals surface area contributed by atoms with Crippen molar-refractivity contribution in [1.29, 1.82) is 0 Å². The van der Waals surface area contributed by atoms with Gasteiger partial charge in [0, 0.05) is 36.7 Å². The molecule has 26 heavy (non-hydrogen) atoms. The van der Waals surface area contributed by atoms with Gasteiger partial charge in [-0.05, 0) is 62.0 Å². The van der Waals surface area contributed by atoms with E-state index in [1.54, 1.807) is 0 Å². The minimum absolute atomic E-state index is 0.0573. The smallest absolute Gasteiger partial charge is 0.251 e. The third-order valence-electron chi connectivity index (χ3n) is 4.40. The first-order valence-corrected chi connectivity index (χ1v) is 8.78. The predicted octanol–water partition coefficient (Wildman–Crippen LogP) is 3.78. The van der Waals surface area contributed by atoms with Crippen LogP contribution in [0.3, 0.4) is 0 Å². The molecule has 1 heterocycles. The normalized spacial score (nSPS) is 10.9. The van der Waals surface area contributed by atoms with Crippen molar-refractivity contribution >= 4 is 5.91 Å². The van der Waals surface area contributed by atoms with E-state index >= 15 is 0 Å². The minimum Gasteiger partial charge on any atom is -0.348 e. The number of hydrogen-bond acceptors (Lipinski definition) is 2. The van der Waals surface area contributed by atoms with Gasteiger partial charge in [0.2, 0.25) is 0 Å². The summed E-state index contributed by atoms with van der Waals surface area (Å²) in [5, 5.41) is 3.05. The molecule has 0 unspecified atom stereocenters. The van der Waals surface area contributed by atoms with E-state index in [1.165, 1.54) is 5.56 Å². The quantitative estimate of drug-likeness (QED) is 0.737. The van der Waals surface area contributed by atoms with Crippen LogP contribution >= 0.6 is 0 Å². The maximum absolute atomic E-state index is 12.7. The number of rotatable bonds is 6. The minimum atomic E-state index is -0.0573. The van der Waals surface area contributed by atoms with Crippen molar-refractivity contribution in [3.63, 3.8) is 0 Å². The summed E-state index contributed by atoms with van der Waals surface area (Å²) in [7, 11) is 4.09. The van der Waals surface area contributed by atoms with Gasteiger partial charge in [0.15, 0.2) is 0 Å². The van der Waals surface area contributed by atoms with Gasteiger partial charge >= 0.3 is 0 Å². The number of aryl methyl sites for hydroxylation is 1. The Morgan fingerprint density at radius 1 is 1.00 bits per heavy atom. The van der Waals surface area contributed by atoms with Crippen LogP contribution in [0.25, 0.3) is 5.69 Å². The number of aromatic nitrogens is 1. The molecule has 1 amide bonds. The third kappa shape index (κ3) is 4.21. The van der Waals surface area contributed by atoms with Crippen molar-refractivity contribution in [2.45, 2.75) is 20.0 Å². The first-order valence-electron chi connectivity index (χ1n) is 8.78. The lowest BCUT2D eigenvalue weighted by Gasteiger charge is -2.15. The molecule has 0 spiro atoms. The van der Waals surface area contributed by atoms with Crippen LogP contribution in [0.4, 0.5) is 0 Å². The van der Waals surface area contributed by atoms with E-state index in [0.29, 0.717) is 12.1 Å². The Bertz CT molecular complexity index is 882. The molecule has 4 nitrogen and oxygen atoms in total. The molecule has 0 atom stereocenters. The third-order valence-corrected chi connectivity index (χ3v) is 4.40. The summed E-state index contributed by atoms with van der Waals surface area (Å²) in [4.78, 5) is 14.8. The van der Waals surface area contributed by atoms with Crippen molar-refractivity contribution in [1.82, 2.24) is 14.8 Å². The monoisotopic (exact) mass is 347 g/mol. The van der Waals surface area contributed by atoms with Gasteiger partial charge in [-0.25, -0.2) is 0 Å². The maximum Gasteiger partial charge on any atom is 0.251 e. The van der Waals surface area contributed by atoms with Crippen LogP contribution in [0, 0.1) is 6.92 Å². The molecule has 0 radical (unpaired) electrons. The first-order chi connectivity index (χ1) is 12.5. The molecule has 134 valence electrons. The second-order valence-corrected chi connectivity index (χ2v) is 6.78. The van der Waals surface area contributed by atoms with Crippen molar-refractivity contribution in [3.05, 3.63) is 89.2 Å². The Balaban J connectivity index is 1.75. The highest BCUT2D eigenvalue weighted by Gasteiger charge is 2.10. The lowest BCUT2D eigenvalue weighted by atomic mass is 10.1. The molecule has 0 saturated carbocycles. The van der Waals surface area contributed by atoms with Crippen molar-refractivity contribution in [2.24, 2.45) is 0 Å². The molecule has 0 aliphatic heterocycles. The van der Waals surface area contributed by atoms with Gasteiger partial charge in [-0.3, -0.25) is 4.79 Å². The molecule has 0 aliphatic rings. The Morgan fingerprint density at radius 3 is 2.38 bits per heavy atom. The van der Waals surface area contributed by atoms with Crippen LogP contribution in [0.15, 0.2) is 67.0 Å². The maximum atomic E-state index is 12.7. The molecule has 3 aromatic rings. The Morgan fingerprint density at radius 2 is 1.69 bits per heavy atom. The molecule has 0 aliphatic carbocycles.